The molecule has 2 aromatic carbocycles. The van der Waals surface area contributed by atoms with Gasteiger partial charge in [-0.2, -0.15) is 5.10 Å². The molecule has 0 aliphatic carbocycles. The summed E-state index contributed by atoms with van der Waals surface area (Å²) in [5.74, 6) is 0.00681. The monoisotopic (exact) mass is 360 g/mol. The van der Waals surface area contributed by atoms with Crippen LogP contribution in [0.4, 0.5) is 11.4 Å². The second-order valence-corrected chi connectivity index (χ2v) is 6.86. The number of aromatic nitrogens is 2. The molecule has 27 heavy (non-hydrogen) atoms. The van der Waals surface area contributed by atoms with Gasteiger partial charge in [0.1, 0.15) is 5.69 Å². The van der Waals surface area contributed by atoms with Crippen molar-refractivity contribution in [1.82, 2.24) is 9.78 Å². The molecule has 0 saturated carbocycles. The van der Waals surface area contributed by atoms with E-state index >= 15 is 0 Å². The van der Waals surface area contributed by atoms with E-state index in [2.05, 4.69) is 40.3 Å². The summed E-state index contributed by atoms with van der Waals surface area (Å²) >= 11 is 0. The molecule has 138 valence electrons. The van der Waals surface area contributed by atoms with E-state index in [1.807, 2.05) is 36.2 Å². The molecule has 0 bridgehead atoms. The van der Waals surface area contributed by atoms with Gasteiger partial charge in [0.2, 0.25) is 0 Å². The van der Waals surface area contributed by atoms with Crippen molar-refractivity contribution in [2.24, 2.45) is 7.05 Å². The average Bonchev–Trinajstić information content (AvgIpc) is 3.05. The number of amides is 1. The first-order valence-electron chi connectivity index (χ1n) is 9.42. The smallest absolute Gasteiger partial charge is 0.276 e. The molecule has 4 rings (SSSR count). The Morgan fingerprint density at radius 3 is 2.44 bits per heavy atom. The summed E-state index contributed by atoms with van der Waals surface area (Å²) in [7, 11) is 1.81. The number of carbonyl (C=O) groups is 1. The predicted octanol–water partition coefficient (Wildman–Crippen LogP) is 3.52. The number of rotatable bonds is 4. The van der Waals surface area contributed by atoms with Crippen LogP contribution in [0.2, 0.25) is 0 Å². The Hall–Kier alpha value is -3.08. The van der Waals surface area contributed by atoms with E-state index in [0.717, 1.165) is 37.3 Å². The standard InChI is InChI=1S/C22H24N4O/c1-24-21(12-14-23-24)22(27)26-16-7-15-25(19-10-5-6-11-20(19)26)17-13-18-8-3-2-4-9-18/h2-6,8-12,14H,7,13,15-17H2,1H3. The highest BCUT2D eigenvalue weighted by atomic mass is 16.2. The molecule has 0 atom stereocenters. The molecule has 0 fully saturated rings. The molecule has 0 radical (unpaired) electrons. The molecule has 1 amide bonds. The SMILES string of the molecule is Cn1nccc1C(=O)N1CCCN(CCc2ccccc2)c2ccccc21. The predicted molar refractivity (Wildman–Crippen MR) is 108 cm³/mol. The van der Waals surface area contributed by atoms with E-state index in [1.54, 1.807) is 16.9 Å². The second kappa shape index (κ2) is 7.66. The Labute approximate surface area is 159 Å². The van der Waals surface area contributed by atoms with Gasteiger partial charge in [0, 0.05) is 32.9 Å². The molecule has 1 aliphatic heterocycles. The van der Waals surface area contributed by atoms with Crippen LogP contribution in [-0.2, 0) is 13.5 Å². The molecule has 0 unspecified atom stereocenters. The van der Waals surface area contributed by atoms with Crippen molar-refractivity contribution in [2.75, 3.05) is 29.4 Å². The van der Waals surface area contributed by atoms with Gasteiger partial charge in [-0.25, -0.2) is 0 Å². The minimum atomic E-state index is 0.00681. The van der Waals surface area contributed by atoms with Gasteiger partial charge in [0.25, 0.3) is 5.91 Å². The number of hydrogen-bond acceptors (Lipinski definition) is 3. The summed E-state index contributed by atoms with van der Waals surface area (Å²) in [6.45, 7) is 2.59. The first-order chi connectivity index (χ1) is 13.2. The van der Waals surface area contributed by atoms with Crippen LogP contribution in [0.15, 0.2) is 66.9 Å². The Morgan fingerprint density at radius 2 is 1.70 bits per heavy atom. The molecule has 5 heteroatoms. The molecule has 0 spiro atoms. The van der Waals surface area contributed by atoms with Gasteiger partial charge in [0.05, 0.1) is 11.4 Å². The summed E-state index contributed by atoms with van der Waals surface area (Å²) < 4.78 is 1.64. The third kappa shape index (κ3) is 3.58. The van der Waals surface area contributed by atoms with Crippen molar-refractivity contribution < 1.29 is 4.79 Å². The van der Waals surface area contributed by atoms with E-state index in [0.29, 0.717) is 12.2 Å². The lowest BCUT2D eigenvalue weighted by Crippen LogP contribution is -2.33. The van der Waals surface area contributed by atoms with Crippen LogP contribution in [0, 0.1) is 0 Å². The zero-order chi connectivity index (χ0) is 18.6. The maximum absolute atomic E-state index is 13.1. The number of hydrogen-bond donors (Lipinski definition) is 0. The molecule has 3 aromatic rings. The molecule has 1 aliphatic rings. The van der Waals surface area contributed by atoms with Gasteiger partial charge in [-0.15, -0.1) is 0 Å². The molecule has 2 heterocycles. The normalized spacial score (nSPS) is 14.0. The minimum Gasteiger partial charge on any atom is -0.369 e. The van der Waals surface area contributed by atoms with Crippen LogP contribution in [0.5, 0.6) is 0 Å². The average molecular weight is 360 g/mol. The number of nitrogens with zero attached hydrogens (tertiary/aromatic N) is 4. The fourth-order valence-electron chi connectivity index (χ4n) is 3.69. The van der Waals surface area contributed by atoms with Gasteiger partial charge in [-0.05, 0) is 36.6 Å². The van der Waals surface area contributed by atoms with Crippen LogP contribution in [0.1, 0.15) is 22.5 Å². The summed E-state index contributed by atoms with van der Waals surface area (Å²) in [4.78, 5) is 17.4. The summed E-state index contributed by atoms with van der Waals surface area (Å²) in [6, 6.07) is 20.6. The van der Waals surface area contributed by atoms with Crippen LogP contribution in [-0.4, -0.2) is 35.3 Å². The summed E-state index contributed by atoms with van der Waals surface area (Å²) in [5.41, 5.74) is 4.06. The Balaban J connectivity index is 1.60. The lowest BCUT2D eigenvalue weighted by atomic mass is 10.1. The largest absolute Gasteiger partial charge is 0.369 e. The Kier molecular flexibility index (Phi) is 4.92. The number of benzene rings is 2. The second-order valence-electron chi connectivity index (χ2n) is 6.86. The van der Waals surface area contributed by atoms with E-state index in [9.17, 15) is 4.79 Å². The highest BCUT2D eigenvalue weighted by Gasteiger charge is 2.26. The van der Waals surface area contributed by atoms with Crippen molar-refractivity contribution in [3.63, 3.8) is 0 Å². The highest BCUT2D eigenvalue weighted by molar-refractivity contribution is 6.07. The number of fused-ring (bicyclic) bond motifs is 1. The number of carbonyl (C=O) groups excluding carboxylic acids is 1. The van der Waals surface area contributed by atoms with Crippen molar-refractivity contribution in [1.29, 1.82) is 0 Å². The topological polar surface area (TPSA) is 41.4 Å². The van der Waals surface area contributed by atoms with E-state index in [-0.39, 0.29) is 5.91 Å². The van der Waals surface area contributed by atoms with Gasteiger partial charge in [0.15, 0.2) is 0 Å². The van der Waals surface area contributed by atoms with Crippen molar-refractivity contribution in [3.8, 4) is 0 Å². The molecule has 1 aromatic heterocycles. The van der Waals surface area contributed by atoms with Crippen molar-refractivity contribution in [3.05, 3.63) is 78.1 Å². The molecule has 5 nitrogen and oxygen atoms in total. The highest BCUT2D eigenvalue weighted by Crippen LogP contribution is 2.33. The fourth-order valence-corrected chi connectivity index (χ4v) is 3.69. The van der Waals surface area contributed by atoms with Crippen molar-refractivity contribution in [2.45, 2.75) is 12.8 Å². The van der Waals surface area contributed by atoms with Crippen LogP contribution in [0.3, 0.4) is 0 Å². The summed E-state index contributed by atoms with van der Waals surface area (Å²) in [5, 5.41) is 4.15. The van der Waals surface area contributed by atoms with E-state index in [4.69, 9.17) is 0 Å². The number of anilines is 2. The lowest BCUT2D eigenvalue weighted by molar-refractivity contribution is 0.0978. The van der Waals surface area contributed by atoms with Crippen molar-refractivity contribution >= 4 is 17.3 Å². The molecule has 0 N–H and O–H groups in total. The van der Waals surface area contributed by atoms with Gasteiger partial charge in [-0.3, -0.25) is 9.48 Å². The maximum Gasteiger partial charge on any atom is 0.276 e. The van der Waals surface area contributed by atoms with E-state index in [1.165, 1.54) is 5.56 Å². The maximum atomic E-state index is 13.1. The molecular weight excluding hydrogens is 336 g/mol. The third-order valence-corrected chi connectivity index (χ3v) is 5.12. The Bertz CT molecular complexity index is 919. The quantitative estimate of drug-likeness (QED) is 0.715. The first kappa shape index (κ1) is 17.3. The number of aryl methyl sites for hydroxylation is 1. The minimum absolute atomic E-state index is 0.00681. The van der Waals surface area contributed by atoms with Gasteiger partial charge < -0.3 is 9.80 Å². The summed E-state index contributed by atoms with van der Waals surface area (Å²) in [6.07, 6.45) is 3.60. The third-order valence-electron chi connectivity index (χ3n) is 5.12. The van der Waals surface area contributed by atoms with Gasteiger partial charge >= 0.3 is 0 Å². The zero-order valence-corrected chi connectivity index (χ0v) is 15.6. The van der Waals surface area contributed by atoms with Crippen LogP contribution < -0.4 is 9.80 Å². The van der Waals surface area contributed by atoms with E-state index < -0.39 is 0 Å². The first-order valence-corrected chi connectivity index (χ1v) is 9.42. The fraction of sp³-hybridized carbons (Fsp3) is 0.273. The van der Waals surface area contributed by atoms with Crippen LogP contribution in [0.25, 0.3) is 0 Å². The molecule has 0 saturated heterocycles. The van der Waals surface area contributed by atoms with Crippen LogP contribution >= 0.6 is 0 Å². The zero-order valence-electron chi connectivity index (χ0n) is 15.6. The Morgan fingerprint density at radius 1 is 0.963 bits per heavy atom. The lowest BCUT2D eigenvalue weighted by Gasteiger charge is -2.26. The number of para-hydroxylation sites is 2. The van der Waals surface area contributed by atoms with Gasteiger partial charge in [-0.1, -0.05) is 42.5 Å². The molecular formula is C22H24N4O.